The third kappa shape index (κ3) is 2.69. The van der Waals surface area contributed by atoms with Crippen molar-refractivity contribution in [1.29, 1.82) is 0 Å². The first-order valence-corrected chi connectivity index (χ1v) is 5.46. The van der Waals surface area contributed by atoms with E-state index < -0.39 is 11.7 Å². The zero-order valence-electron chi connectivity index (χ0n) is 9.91. The predicted octanol–water partition coefficient (Wildman–Crippen LogP) is 2.13. The van der Waals surface area contributed by atoms with Gasteiger partial charge >= 0.3 is 0 Å². The standard InChI is InChI=1S/C13H17NO2/c1-4-9(2)10-5-7-11(8-6-10)12(15)13(16)14-3/h5-9H,4H2,1-3H3,(H,14,16). The van der Waals surface area contributed by atoms with Crippen LogP contribution in [0, 0.1) is 0 Å². The molecule has 0 saturated carbocycles. The van der Waals surface area contributed by atoms with Gasteiger partial charge in [-0.2, -0.15) is 0 Å². The molecule has 0 bridgehead atoms. The van der Waals surface area contributed by atoms with Gasteiger partial charge in [-0.1, -0.05) is 38.1 Å². The Labute approximate surface area is 95.9 Å². The molecule has 0 aliphatic carbocycles. The number of nitrogens with one attached hydrogen (secondary N) is 1. The van der Waals surface area contributed by atoms with Crippen LogP contribution in [0.5, 0.6) is 0 Å². The van der Waals surface area contributed by atoms with Crippen LogP contribution in [0.2, 0.25) is 0 Å². The number of Topliss-reactive ketones (excluding diaryl/α,β-unsaturated/α-hetero) is 1. The van der Waals surface area contributed by atoms with Crippen molar-refractivity contribution in [2.24, 2.45) is 0 Å². The number of hydrogen-bond acceptors (Lipinski definition) is 2. The lowest BCUT2D eigenvalue weighted by Crippen LogP contribution is -2.27. The Morgan fingerprint density at radius 2 is 1.81 bits per heavy atom. The summed E-state index contributed by atoms with van der Waals surface area (Å²) in [7, 11) is 1.45. The van der Waals surface area contributed by atoms with Crippen molar-refractivity contribution in [1.82, 2.24) is 5.32 Å². The molecule has 0 fully saturated rings. The van der Waals surface area contributed by atoms with Gasteiger partial charge in [-0.15, -0.1) is 0 Å². The van der Waals surface area contributed by atoms with Gasteiger partial charge in [-0.3, -0.25) is 9.59 Å². The number of hydrogen-bond donors (Lipinski definition) is 1. The smallest absolute Gasteiger partial charge is 0.292 e. The maximum atomic E-state index is 11.5. The Kier molecular flexibility index (Phi) is 4.23. The van der Waals surface area contributed by atoms with E-state index in [4.69, 9.17) is 0 Å². The minimum Gasteiger partial charge on any atom is -0.352 e. The van der Waals surface area contributed by atoms with Gasteiger partial charge in [0.05, 0.1) is 0 Å². The molecule has 1 rings (SSSR count). The summed E-state index contributed by atoms with van der Waals surface area (Å²) < 4.78 is 0. The molecule has 1 atom stereocenters. The zero-order valence-corrected chi connectivity index (χ0v) is 9.91. The van der Waals surface area contributed by atoms with E-state index in [1.54, 1.807) is 12.1 Å². The largest absolute Gasteiger partial charge is 0.352 e. The highest BCUT2D eigenvalue weighted by molar-refractivity contribution is 6.42. The maximum Gasteiger partial charge on any atom is 0.292 e. The molecule has 0 spiro atoms. The van der Waals surface area contributed by atoms with Crippen LogP contribution in [0.1, 0.15) is 42.1 Å². The quantitative estimate of drug-likeness (QED) is 0.623. The average Bonchev–Trinajstić information content (AvgIpc) is 2.36. The number of likely N-dealkylation sites (N-methyl/N-ethyl adjacent to an activating group) is 1. The third-order valence-corrected chi connectivity index (χ3v) is 2.79. The Morgan fingerprint density at radius 1 is 1.25 bits per heavy atom. The molecular formula is C13H17NO2. The number of ketones is 1. The molecule has 1 aromatic rings. The molecule has 16 heavy (non-hydrogen) atoms. The molecular weight excluding hydrogens is 202 g/mol. The second-order valence-corrected chi connectivity index (χ2v) is 3.84. The Morgan fingerprint density at radius 3 is 2.25 bits per heavy atom. The number of carbonyl (C=O) groups excluding carboxylic acids is 2. The van der Waals surface area contributed by atoms with Crippen LogP contribution in [0.3, 0.4) is 0 Å². The number of amides is 1. The van der Waals surface area contributed by atoms with Gasteiger partial charge in [0.15, 0.2) is 0 Å². The van der Waals surface area contributed by atoms with Crippen LogP contribution in [0.15, 0.2) is 24.3 Å². The van der Waals surface area contributed by atoms with Crippen molar-refractivity contribution < 1.29 is 9.59 Å². The molecule has 1 N–H and O–H groups in total. The van der Waals surface area contributed by atoms with Crippen molar-refractivity contribution >= 4 is 11.7 Å². The molecule has 1 unspecified atom stereocenters. The molecule has 0 aromatic heterocycles. The summed E-state index contributed by atoms with van der Waals surface area (Å²) in [6, 6.07) is 7.23. The summed E-state index contributed by atoms with van der Waals surface area (Å²) in [5.74, 6) is -0.585. The zero-order chi connectivity index (χ0) is 12.1. The van der Waals surface area contributed by atoms with Gasteiger partial charge in [-0.25, -0.2) is 0 Å². The van der Waals surface area contributed by atoms with E-state index in [0.29, 0.717) is 11.5 Å². The van der Waals surface area contributed by atoms with Gasteiger partial charge < -0.3 is 5.32 Å². The SMILES string of the molecule is CCC(C)c1ccc(C(=O)C(=O)NC)cc1. The first-order chi connectivity index (χ1) is 7.60. The molecule has 0 aliphatic rings. The molecule has 0 saturated heterocycles. The van der Waals surface area contributed by atoms with Gasteiger partial charge in [0.25, 0.3) is 5.91 Å². The number of rotatable bonds is 4. The second kappa shape index (κ2) is 5.45. The molecule has 0 aliphatic heterocycles. The van der Waals surface area contributed by atoms with E-state index in [0.717, 1.165) is 6.42 Å². The number of benzene rings is 1. The van der Waals surface area contributed by atoms with Crippen molar-refractivity contribution in [3.8, 4) is 0 Å². The molecule has 86 valence electrons. The van der Waals surface area contributed by atoms with Crippen LogP contribution < -0.4 is 5.32 Å². The first-order valence-electron chi connectivity index (χ1n) is 5.46. The molecule has 1 aromatic carbocycles. The highest BCUT2D eigenvalue weighted by Gasteiger charge is 2.14. The normalized spacial score (nSPS) is 11.9. The van der Waals surface area contributed by atoms with Crippen LogP contribution in [0.4, 0.5) is 0 Å². The Balaban J connectivity index is 2.87. The highest BCUT2D eigenvalue weighted by Crippen LogP contribution is 2.18. The third-order valence-electron chi connectivity index (χ3n) is 2.79. The van der Waals surface area contributed by atoms with Crippen LogP contribution >= 0.6 is 0 Å². The Bertz CT molecular complexity index is 381. The fourth-order valence-corrected chi connectivity index (χ4v) is 1.44. The van der Waals surface area contributed by atoms with Gasteiger partial charge in [-0.05, 0) is 17.9 Å². The van der Waals surface area contributed by atoms with Gasteiger partial charge in [0, 0.05) is 12.6 Å². The number of carbonyl (C=O) groups is 2. The monoisotopic (exact) mass is 219 g/mol. The summed E-state index contributed by atoms with van der Waals surface area (Å²) in [6.07, 6.45) is 1.06. The van der Waals surface area contributed by atoms with Crippen molar-refractivity contribution in [2.75, 3.05) is 7.05 Å². The van der Waals surface area contributed by atoms with Gasteiger partial charge in [0.1, 0.15) is 0 Å². The lowest BCUT2D eigenvalue weighted by Gasteiger charge is -2.09. The fraction of sp³-hybridized carbons (Fsp3) is 0.385. The summed E-state index contributed by atoms with van der Waals surface area (Å²) >= 11 is 0. The molecule has 3 heteroatoms. The molecule has 0 radical (unpaired) electrons. The van der Waals surface area contributed by atoms with Crippen LogP contribution in [0.25, 0.3) is 0 Å². The van der Waals surface area contributed by atoms with Crippen LogP contribution in [-0.2, 0) is 4.79 Å². The van der Waals surface area contributed by atoms with Crippen molar-refractivity contribution in [2.45, 2.75) is 26.2 Å². The highest BCUT2D eigenvalue weighted by atomic mass is 16.2. The minimum atomic E-state index is -0.573. The Hall–Kier alpha value is -1.64. The van der Waals surface area contributed by atoms with E-state index in [-0.39, 0.29) is 0 Å². The molecule has 3 nitrogen and oxygen atoms in total. The van der Waals surface area contributed by atoms with E-state index in [9.17, 15) is 9.59 Å². The summed E-state index contributed by atoms with van der Waals surface area (Å²) in [6.45, 7) is 4.25. The van der Waals surface area contributed by atoms with Crippen LogP contribution in [-0.4, -0.2) is 18.7 Å². The summed E-state index contributed by atoms with van der Waals surface area (Å²) in [5, 5.41) is 2.32. The predicted molar refractivity (Wildman–Crippen MR) is 63.5 cm³/mol. The minimum absolute atomic E-state index is 0.436. The molecule has 1 amide bonds. The van der Waals surface area contributed by atoms with Gasteiger partial charge in [0.2, 0.25) is 5.78 Å². The van der Waals surface area contributed by atoms with E-state index in [1.165, 1.54) is 12.6 Å². The summed E-state index contributed by atoms with van der Waals surface area (Å²) in [5.41, 5.74) is 1.63. The van der Waals surface area contributed by atoms with Crippen molar-refractivity contribution in [3.05, 3.63) is 35.4 Å². The summed E-state index contributed by atoms with van der Waals surface area (Å²) in [4.78, 5) is 22.6. The lowest BCUT2D eigenvalue weighted by molar-refractivity contribution is -0.116. The topological polar surface area (TPSA) is 46.2 Å². The van der Waals surface area contributed by atoms with Crippen molar-refractivity contribution in [3.63, 3.8) is 0 Å². The average molecular weight is 219 g/mol. The first kappa shape index (κ1) is 12.4. The second-order valence-electron chi connectivity index (χ2n) is 3.84. The van der Waals surface area contributed by atoms with E-state index in [2.05, 4.69) is 19.2 Å². The lowest BCUT2D eigenvalue weighted by atomic mass is 9.97. The molecule has 0 heterocycles. The van der Waals surface area contributed by atoms with E-state index >= 15 is 0 Å². The van der Waals surface area contributed by atoms with E-state index in [1.807, 2.05) is 12.1 Å². The maximum absolute atomic E-state index is 11.5. The fourth-order valence-electron chi connectivity index (χ4n) is 1.44.